The van der Waals surface area contributed by atoms with Gasteiger partial charge in [0, 0.05) is 19.1 Å². The van der Waals surface area contributed by atoms with Crippen molar-refractivity contribution < 1.29 is 13.9 Å². The van der Waals surface area contributed by atoms with E-state index in [-0.39, 0.29) is 18.3 Å². The second-order valence-corrected chi connectivity index (χ2v) is 3.73. The van der Waals surface area contributed by atoms with Crippen molar-refractivity contribution in [3.05, 3.63) is 60.1 Å². The van der Waals surface area contributed by atoms with Crippen molar-refractivity contribution >= 4 is 5.78 Å². The molecule has 2 rings (SSSR count). The zero-order valence-corrected chi connectivity index (χ0v) is 9.63. The summed E-state index contributed by atoms with van der Waals surface area (Å²) in [6.45, 7) is 0. The lowest BCUT2D eigenvalue weighted by atomic mass is 10.0. The van der Waals surface area contributed by atoms with Crippen molar-refractivity contribution in [2.45, 2.75) is 12.5 Å². The van der Waals surface area contributed by atoms with E-state index < -0.39 is 0 Å². The fourth-order valence-corrected chi connectivity index (χ4v) is 1.68. The highest BCUT2D eigenvalue weighted by molar-refractivity contribution is 5.96. The summed E-state index contributed by atoms with van der Waals surface area (Å²) >= 11 is 0. The first kappa shape index (κ1) is 11.6. The number of hydrogen-bond acceptors (Lipinski definition) is 3. The molecule has 3 heteroatoms. The summed E-state index contributed by atoms with van der Waals surface area (Å²) in [6, 6.07) is 12.8. The highest BCUT2D eigenvalue weighted by Crippen LogP contribution is 2.22. The van der Waals surface area contributed by atoms with Gasteiger partial charge in [-0.2, -0.15) is 0 Å². The normalized spacial score (nSPS) is 12.3. The molecule has 1 unspecified atom stereocenters. The number of ether oxygens (including phenoxy) is 1. The van der Waals surface area contributed by atoms with Gasteiger partial charge in [-0.3, -0.25) is 4.79 Å². The van der Waals surface area contributed by atoms with Crippen molar-refractivity contribution in [2.24, 2.45) is 0 Å². The van der Waals surface area contributed by atoms with Gasteiger partial charge in [0.1, 0.15) is 11.9 Å². The minimum Gasteiger partial charge on any atom is -0.467 e. The number of ketones is 1. The van der Waals surface area contributed by atoms with Gasteiger partial charge in [0.25, 0.3) is 0 Å². The van der Waals surface area contributed by atoms with E-state index in [1.165, 1.54) is 0 Å². The average Bonchev–Trinajstić information content (AvgIpc) is 2.90. The molecule has 17 heavy (non-hydrogen) atoms. The van der Waals surface area contributed by atoms with Crippen LogP contribution in [0, 0.1) is 0 Å². The van der Waals surface area contributed by atoms with E-state index in [9.17, 15) is 4.79 Å². The van der Waals surface area contributed by atoms with E-state index in [1.54, 1.807) is 31.6 Å². The van der Waals surface area contributed by atoms with Crippen LogP contribution in [0.15, 0.2) is 53.1 Å². The van der Waals surface area contributed by atoms with Gasteiger partial charge in [-0.05, 0) is 12.1 Å². The fourth-order valence-electron chi connectivity index (χ4n) is 1.68. The third kappa shape index (κ3) is 2.82. The Balaban J connectivity index is 2.08. The second-order valence-electron chi connectivity index (χ2n) is 3.73. The number of rotatable bonds is 5. The SMILES string of the molecule is COC(CC(=O)c1ccccc1)c1ccco1. The highest BCUT2D eigenvalue weighted by atomic mass is 16.5. The molecule has 0 radical (unpaired) electrons. The van der Waals surface area contributed by atoms with E-state index in [0.717, 1.165) is 0 Å². The van der Waals surface area contributed by atoms with Crippen molar-refractivity contribution in [1.82, 2.24) is 0 Å². The maximum atomic E-state index is 12.0. The number of hydrogen-bond donors (Lipinski definition) is 0. The molecule has 2 aromatic rings. The lowest BCUT2D eigenvalue weighted by Gasteiger charge is -2.11. The van der Waals surface area contributed by atoms with Crippen molar-refractivity contribution in [1.29, 1.82) is 0 Å². The molecule has 0 bridgehead atoms. The first-order valence-corrected chi connectivity index (χ1v) is 5.45. The molecule has 0 aliphatic rings. The molecule has 0 N–H and O–H groups in total. The van der Waals surface area contributed by atoms with Crippen LogP contribution in [-0.4, -0.2) is 12.9 Å². The Hall–Kier alpha value is -1.87. The fraction of sp³-hybridized carbons (Fsp3) is 0.214. The van der Waals surface area contributed by atoms with E-state index in [1.807, 2.05) is 24.3 Å². The van der Waals surface area contributed by atoms with Crippen LogP contribution in [-0.2, 0) is 4.74 Å². The van der Waals surface area contributed by atoms with Crippen molar-refractivity contribution in [3.8, 4) is 0 Å². The minimum absolute atomic E-state index is 0.0499. The van der Waals surface area contributed by atoms with E-state index in [0.29, 0.717) is 11.3 Å². The molecule has 1 atom stereocenters. The lowest BCUT2D eigenvalue weighted by Crippen LogP contribution is -2.08. The van der Waals surface area contributed by atoms with Gasteiger partial charge in [-0.25, -0.2) is 0 Å². The molecule has 0 amide bonds. The van der Waals surface area contributed by atoms with Crippen LogP contribution < -0.4 is 0 Å². The summed E-state index contributed by atoms with van der Waals surface area (Å²) in [7, 11) is 1.57. The molecule has 0 aliphatic heterocycles. The van der Waals surface area contributed by atoms with Crippen molar-refractivity contribution in [3.63, 3.8) is 0 Å². The Bertz CT molecular complexity index is 459. The second kappa shape index (κ2) is 5.46. The summed E-state index contributed by atoms with van der Waals surface area (Å²) in [5.41, 5.74) is 0.695. The summed E-state index contributed by atoms with van der Waals surface area (Å²) in [5.74, 6) is 0.727. The number of benzene rings is 1. The van der Waals surface area contributed by atoms with Crippen LogP contribution in [0.25, 0.3) is 0 Å². The van der Waals surface area contributed by atoms with Crippen LogP contribution >= 0.6 is 0 Å². The number of carbonyl (C=O) groups is 1. The van der Waals surface area contributed by atoms with Gasteiger partial charge in [0.05, 0.1) is 6.26 Å². The topological polar surface area (TPSA) is 39.4 Å². The molecule has 0 saturated heterocycles. The quantitative estimate of drug-likeness (QED) is 0.740. The predicted molar refractivity (Wildman–Crippen MR) is 63.8 cm³/mol. The van der Waals surface area contributed by atoms with E-state index >= 15 is 0 Å². The zero-order valence-electron chi connectivity index (χ0n) is 9.63. The molecule has 0 saturated carbocycles. The number of carbonyl (C=O) groups excluding carboxylic acids is 1. The molecule has 0 spiro atoms. The largest absolute Gasteiger partial charge is 0.467 e. The summed E-state index contributed by atoms with van der Waals surface area (Å²) < 4.78 is 10.5. The van der Waals surface area contributed by atoms with Gasteiger partial charge in [0.15, 0.2) is 5.78 Å². The monoisotopic (exact) mass is 230 g/mol. The standard InChI is InChI=1S/C14H14O3/c1-16-14(13-8-5-9-17-13)10-12(15)11-6-3-2-4-7-11/h2-9,14H,10H2,1H3. The van der Waals surface area contributed by atoms with E-state index in [2.05, 4.69) is 0 Å². The molecule has 88 valence electrons. The molecule has 1 aromatic carbocycles. The zero-order chi connectivity index (χ0) is 12.1. The van der Waals surface area contributed by atoms with Crippen LogP contribution in [0.5, 0.6) is 0 Å². The predicted octanol–water partition coefficient (Wildman–Crippen LogP) is 3.24. The Morgan fingerprint density at radius 1 is 1.24 bits per heavy atom. The number of methoxy groups -OCH3 is 1. The molecular weight excluding hydrogens is 216 g/mol. The molecule has 3 nitrogen and oxygen atoms in total. The Morgan fingerprint density at radius 3 is 2.59 bits per heavy atom. The van der Waals surface area contributed by atoms with Crippen LogP contribution in [0.1, 0.15) is 28.6 Å². The number of furan rings is 1. The molecular formula is C14H14O3. The smallest absolute Gasteiger partial charge is 0.165 e. The van der Waals surface area contributed by atoms with Gasteiger partial charge in [-0.15, -0.1) is 0 Å². The maximum Gasteiger partial charge on any atom is 0.165 e. The first-order valence-electron chi connectivity index (χ1n) is 5.45. The van der Waals surface area contributed by atoms with Crippen molar-refractivity contribution in [2.75, 3.05) is 7.11 Å². The molecule has 0 fully saturated rings. The summed E-state index contributed by atoms with van der Waals surface area (Å²) in [5, 5.41) is 0. The maximum absolute atomic E-state index is 12.0. The van der Waals surface area contributed by atoms with Gasteiger partial charge >= 0.3 is 0 Å². The Labute approximate surface area is 100 Å². The van der Waals surface area contributed by atoms with Gasteiger partial charge in [-0.1, -0.05) is 30.3 Å². The lowest BCUT2D eigenvalue weighted by molar-refractivity contribution is 0.0635. The summed E-state index contributed by atoms with van der Waals surface area (Å²) in [4.78, 5) is 12.0. The Morgan fingerprint density at radius 2 is 2.00 bits per heavy atom. The summed E-state index contributed by atoms with van der Waals surface area (Å²) in [6.07, 6.45) is 1.54. The minimum atomic E-state index is -0.322. The molecule has 0 aliphatic carbocycles. The van der Waals surface area contributed by atoms with Gasteiger partial charge < -0.3 is 9.15 Å². The van der Waals surface area contributed by atoms with E-state index in [4.69, 9.17) is 9.15 Å². The average molecular weight is 230 g/mol. The molecule has 1 aromatic heterocycles. The molecule has 1 heterocycles. The Kier molecular flexibility index (Phi) is 3.73. The third-order valence-electron chi connectivity index (χ3n) is 2.61. The van der Waals surface area contributed by atoms with Crippen LogP contribution in [0.2, 0.25) is 0 Å². The number of Topliss-reactive ketones (excluding diaryl/α,β-unsaturated/α-hetero) is 1. The highest BCUT2D eigenvalue weighted by Gasteiger charge is 2.18. The first-order chi connectivity index (χ1) is 8.31. The van der Waals surface area contributed by atoms with Gasteiger partial charge in [0.2, 0.25) is 0 Å². The van der Waals surface area contributed by atoms with Crippen LogP contribution in [0.3, 0.4) is 0 Å². The van der Waals surface area contributed by atoms with Crippen LogP contribution in [0.4, 0.5) is 0 Å². The third-order valence-corrected chi connectivity index (χ3v) is 2.61.